The molecule has 4 atom stereocenters. The number of phenols is 2. The number of hydrogen-bond acceptors (Lipinski definition) is 2. The molecular weight excluding hydrogens is 657 g/mol. The molecule has 0 aromatic heterocycles. The van der Waals surface area contributed by atoms with Crippen molar-refractivity contribution in [3.05, 3.63) is 130 Å². The summed E-state index contributed by atoms with van der Waals surface area (Å²) in [5, 5.41) is 31.0. The predicted octanol–water partition coefficient (Wildman–Crippen LogP) is 12.8. The van der Waals surface area contributed by atoms with E-state index in [2.05, 4.69) is 111 Å². The highest BCUT2D eigenvalue weighted by Gasteiger charge is 2.61. The van der Waals surface area contributed by atoms with Crippen molar-refractivity contribution in [2.45, 2.75) is 113 Å². The standard InChI is InChI=1S/C52H52O2/c1-31-16-45(41-10-5-6-11-42(41)48(31)54)51-25-33-17-34(26-51)22-49(21-33,29-51)38-14-15-47(53)46(20-38)52-27-35-18-36(28-52)24-50(23-35,30-52)44-13-7-12-40-32(2)39-9-4-3-8-37(39)19-43(40)44/h3-16,19-20,33-36,53-54H,17-18,21-30H2,1-2H3. The van der Waals surface area contributed by atoms with Gasteiger partial charge in [-0.2, -0.15) is 0 Å². The highest BCUT2D eigenvalue weighted by molar-refractivity contribution is 6.03. The summed E-state index contributed by atoms with van der Waals surface area (Å²) in [6.45, 7) is 4.41. The first-order valence-corrected chi connectivity index (χ1v) is 21.1. The second-order valence-electron chi connectivity index (χ2n) is 20.0. The third-order valence-electron chi connectivity index (χ3n) is 16.8. The molecule has 0 heterocycles. The molecule has 8 aliphatic carbocycles. The first kappa shape index (κ1) is 32.0. The van der Waals surface area contributed by atoms with Crippen molar-refractivity contribution in [3.8, 4) is 11.5 Å². The summed E-state index contributed by atoms with van der Waals surface area (Å²) in [7, 11) is 0. The molecule has 2 heteroatoms. The molecule has 54 heavy (non-hydrogen) atoms. The molecule has 6 aromatic rings. The van der Waals surface area contributed by atoms with E-state index in [9.17, 15) is 10.2 Å². The molecule has 8 bridgehead atoms. The van der Waals surface area contributed by atoms with Crippen molar-refractivity contribution < 1.29 is 10.2 Å². The Balaban J connectivity index is 0.978. The van der Waals surface area contributed by atoms with Crippen LogP contribution in [0.4, 0.5) is 0 Å². The molecule has 6 aromatic carbocycles. The van der Waals surface area contributed by atoms with Gasteiger partial charge in [0.15, 0.2) is 0 Å². The largest absolute Gasteiger partial charge is 0.508 e. The van der Waals surface area contributed by atoms with Gasteiger partial charge in [0.05, 0.1) is 0 Å². The highest BCUT2D eigenvalue weighted by atomic mass is 16.3. The highest BCUT2D eigenvalue weighted by Crippen LogP contribution is 2.70. The van der Waals surface area contributed by atoms with Crippen LogP contribution >= 0.6 is 0 Å². The average Bonchev–Trinajstić information content (AvgIpc) is 3.15. The summed E-state index contributed by atoms with van der Waals surface area (Å²) in [5.41, 5.74) is 8.65. The van der Waals surface area contributed by atoms with Crippen molar-refractivity contribution in [2.24, 2.45) is 23.7 Å². The number of aryl methyl sites for hydroxylation is 2. The topological polar surface area (TPSA) is 40.5 Å². The Morgan fingerprint density at radius 1 is 0.463 bits per heavy atom. The zero-order valence-corrected chi connectivity index (χ0v) is 31.9. The first-order chi connectivity index (χ1) is 26.2. The predicted molar refractivity (Wildman–Crippen MR) is 221 cm³/mol. The van der Waals surface area contributed by atoms with Gasteiger partial charge in [0.1, 0.15) is 11.5 Å². The average molecular weight is 709 g/mol. The monoisotopic (exact) mass is 708 g/mol. The summed E-state index contributed by atoms with van der Waals surface area (Å²) in [6, 6.07) is 36.6. The SMILES string of the molecule is Cc1cc(C23CC4CC(CC(c5ccc(O)c(C67CC8CC(C6)CC(c6cccc9c(C)c%10ccccc%10cc69)(C8)C7)c5)(C4)C2)C3)c2ccccc2c1O. The van der Waals surface area contributed by atoms with E-state index in [0.717, 1.165) is 29.2 Å². The molecule has 272 valence electrons. The summed E-state index contributed by atoms with van der Waals surface area (Å²) in [5.74, 6) is 3.85. The summed E-state index contributed by atoms with van der Waals surface area (Å²) < 4.78 is 0. The lowest BCUT2D eigenvalue weighted by molar-refractivity contribution is -0.0308. The molecule has 2 N–H and O–H groups in total. The minimum atomic E-state index is 0.0164. The van der Waals surface area contributed by atoms with Gasteiger partial charge in [-0.15, -0.1) is 0 Å². The van der Waals surface area contributed by atoms with Crippen LogP contribution in [0.25, 0.3) is 32.3 Å². The molecule has 14 rings (SSSR count). The van der Waals surface area contributed by atoms with E-state index in [-0.39, 0.29) is 21.7 Å². The van der Waals surface area contributed by atoms with Gasteiger partial charge in [-0.25, -0.2) is 0 Å². The first-order valence-electron chi connectivity index (χ1n) is 21.1. The zero-order chi connectivity index (χ0) is 36.2. The van der Waals surface area contributed by atoms with E-state index < -0.39 is 0 Å². The number of fused-ring (bicyclic) bond motifs is 3. The number of aromatic hydroxyl groups is 2. The molecule has 8 aliphatic rings. The summed E-state index contributed by atoms with van der Waals surface area (Å²) in [6.07, 6.45) is 15.1. The smallest absolute Gasteiger partial charge is 0.126 e. The maximum absolute atomic E-state index is 12.0. The quantitative estimate of drug-likeness (QED) is 0.179. The Hall–Kier alpha value is -4.30. The van der Waals surface area contributed by atoms with Crippen LogP contribution < -0.4 is 0 Å². The van der Waals surface area contributed by atoms with Crippen molar-refractivity contribution >= 4 is 32.3 Å². The Kier molecular flexibility index (Phi) is 6.35. The molecule has 0 saturated heterocycles. The fraction of sp³-hybridized carbons (Fsp3) is 0.423. The molecule has 0 spiro atoms. The molecule has 0 amide bonds. The minimum Gasteiger partial charge on any atom is -0.508 e. The van der Waals surface area contributed by atoms with Crippen LogP contribution in [0.3, 0.4) is 0 Å². The van der Waals surface area contributed by atoms with E-state index in [0.29, 0.717) is 23.3 Å². The molecular formula is C52H52O2. The van der Waals surface area contributed by atoms with Crippen LogP contribution in [0, 0.1) is 37.5 Å². The van der Waals surface area contributed by atoms with Crippen molar-refractivity contribution in [3.63, 3.8) is 0 Å². The van der Waals surface area contributed by atoms with Crippen molar-refractivity contribution in [1.82, 2.24) is 0 Å². The van der Waals surface area contributed by atoms with Gasteiger partial charge in [0, 0.05) is 16.4 Å². The molecule has 2 nitrogen and oxygen atoms in total. The number of rotatable bonds is 4. The zero-order valence-electron chi connectivity index (χ0n) is 31.9. The van der Waals surface area contributed by atoms with Gasteiger partial charge >= 0.3 is 0 Å². The summed E-state index contributed by atoms with van der Waals surface area (Å²) in [4.78, 5) is 0. The maximum atomic E-state index is 12.0. The van der Waals surface area contributed by atoms with Crippen molar-refractivity contribution in [1.29, 1.82) is 0 Å². The number of benzene rings is 6. The lowest BCUT2D eigenvalue weighted by Crippen LogP contribution is -2.57. The second-order valence-corrected chi connectivity index (χ2v) is 20.0. The minimum absolute atomic E-state index is 0.0164. The van der Waals surface area contributed by atoms with Crippen LogP contribution in [0.2, 0.25) is 0 Å². The van der Waals surface area contributed by atoms with Gasteiger partial charge in [-0.1, -0.05) is 84.9 Å². The fourth-order valence-electron chi connectivity index (χ4n) is 15.8. The van der Waals surface area contributed by atoms with Crippen LogP contribution in [-0.4, -0.2) is 10.2 Å². The van der Waals surface area contributed by atoms with Gasteiger partial charge in [-0.3, -0.25) is 0 Å². The van der Waals surface area contributed by atoms with E-state index in [1.54, 1.807) is 5.56 Å². The van der Waals surface area contributed by atoms with Crippen LogP contribution in [0.1, 0.15) is 110 Å². The molecule has 0 radical (unpaired) electrons. The van der Waals surface area contributed by atoms with Gasteiger partial charge in [-0.05, 0) is 198 Å². The summed E-state index contributed by atoms with van der Waals surface area (Å²) >= 11 is 0. The lowest BCUT2D eigenvalue weighted by atomic mass is 9.40. The third kappa shape index (κ3) is 4.24. The molecule has 0 aliphatic heterocycles. The van der Waals surface area contributed by atoms with Gasteiger partial charge < -0.3 is 10.2 Å². The van der Waals surface area contributed by atoms with Gasteiger partial charge in [0.2, 0.25) is 0 Å². The Bertz CT molecular complexity index is 2550. The van der Waals surface area contributed by atoms with E-state index in [1.165, 1.54) is 120 Å². The molecule has 8 fully saturated rings. The number of phenolic OH excluding ortho intramolecular Hbond substituents is 2. The fourth-order valence-corrected chi connectivity index (χ4v) is 15.8. The van der Waals surface area contributed by atoms with Gasteiger partial charge in [0.25, 0.3) is 0 Å². The molecule has 4 unspecified atom stereocenters. The van der Waals surface area contributed by atoms with Crippen molar-refractivity contribution in [2.75, 3.05) is 0 Å². The Morgan fingerprint density at radius 2 is 1.02 bits per heavy atom. The van der Waals surface area contributed by atoms with E-state index in [4.69, 9.17) is 0 Å². The van der Waals surface area contributed by atoms with E-state index in [1.807, 2.05) is 0 Å². The van der Waals surface area contributed by atoms with Crippen LogP contribution in [0.5, 0.6) is 11.5 Å². The number of hydrogen-bond donors (Lipinski definition) is 2. The molecule has 8 saturated carbocycles. The Morgan fingerprint density at radius 3 is 1.72 bits per heavy atom. The Labute approximate surface area is 319 Å². The normalized spacial score (nSPS) is 34.8. The van der Waals surface area contributed by atoms with E-state index >= 15 is 0 Å². The van der Waals surface area contributed by atoms with Crippen LogP contribution in [0.15, 0.2) is 97.1 Å². The second kappa shape index (κ2) is 10.7. The van der Waals surface area contributed by atoms with Crippen LogP contribution in [-0.2, 0) is 21.7 Å². The third-order valence-corrected chi connectivity index (χ3v) is 16.8. The maximum Gasteiger partial charge on any atom is 0.126 e. The lowest BCUT2D eigenvalue weighted by Gasteiger charge is -2.64.